The normalized spacial score (nSPS) is 12.5. The largest absolute Gasteiger partial charge is 0.456 e. The smallest absolute Gasteiger partial charge is 0.136 e. The predicted octanol–water partition coefficient (Wildman–Crippen LogP) is 16.6. The lowest BCUT2D eigenvalue weighted by Crippen LogP contribution is -2.04. The van der Waals surface area contributed by atoms with Crippen LogP contribution in [0.3, 0.4) is 0 Å². The second kappa shape index (κ2) is 16.6. The summed E-state index contributed by atoms with van der Waals surface area (Å²) in [4.78, 5) is 5.81. The van der Waals surface area contributed by atoms with Crippen molar-refractivity contribution in [1.82, 2.24) is 0 Å². The molecule has 0 unspecified atom stereocenters. The number of hydrogen-bond acceptors (Lipinski definition) is 2. The van der Waals surface area contributed by atoms with Gasteiger partial charge in [-0.05, 0) is 122 Å². The lowest BCUT2D eigenvalue weighted by molar-refractivity contribution is 0.669. The maximum atomic E-state index is 6.56. The Kier molecular flexibility index (Phi) is 10.3. The Bertz CT molecular complexity index is 3310. The zero-order chi connectivity index (χ0) is 41.1. The van der Waals surface area contributed by atoms with Gasteiger partial charge in [-0.1, -0.05) is 182 Å². The molecule has 1 heterocycles. The van der Waals surface area contributed by atoms with Crippen LogP contribution in [0.2, 0.25) is 0 Å². The Hall–Kier alpha value is -7.55. The fourth-order valence-corrected chi connectivity index (χ4v) is 8.70. The van der Waals surface area contributed by atoms with Crippen LogP contribution in [0.4, 0.5) is 0 Å². The number of para-hydroxylation sites is 1. The zero-order valence-electron chi connectivity index (χ0n) is 34.5. The molecule has 0 aliphatic rings. The van der Waals surface area contributed by atoms with E-state index in [4.69, 9.17) is 9.41 Å². The Morgan fingerprint density at radius 3 is 1.95 bits per heavy atom. The average Bonchev–Trinajstić information content (AvgIpc) is 3.70. The maximum Gasteiger partial charge on any atom is 0.136 e. The van der Waals surface area contributed by atoms with E-state index in [2.05, 4.69) is 220 Å². The molecule has 2 nitrogen and oxygen atoms in total. The number of allylic oxidation sites excluding steroid dienone is 2. The minimum atomic E-state index is 0.669. The minimum absolute atomic E-state index is 0.669. The highest BCUT2D eigenvalue weighted by atomic mass is 16.3. The molecule has 0 saturated heterocycles. The Morgan fingerprint density at radius 1 is 0.508 bits per heavy atom. The van der Waals surface area contributed by atoms with Gasteiger partial charge in [-0.3, -0.25) is 4.99 Å². The van der Waals surface area contributed by atoms with E-state index >= 15 is 0 Å². The first-order valence-corrected chi connectivity index (χ1v) is 21.2. The molecule has 0 spiro atoms. The molecule has 292 valence electrons. The lowest BCUT2D eigenvalue weighted by atomic mass is 9.91. The summed E-state index contributed by atoms with van der Waals surface area (Å²) in [6, 6.07) is 71.6. The van der Waals surface area contributed by atoms with Crippen LogP contribution in [0.25, 0.3) is 88.6 Å². The van der Waals surface area contributed by atoms with Crippen molar-refractivity contribution < 1.29 is 4.42 Å². The van der Waals surface area contributed by atoms with E-state index in [1.807, 2.05) is 6.07 Å². The van der Waals surface area contributed by atoms with E-state index in [-0.39, 0.29) is 0 Å². The molecule has 0 bridgehead atoms. The standard InChI is InChI=1S/C59H45NO/c1-3-15-54(58-52(32-33-57-59(58)53-24-12-13-25-56(53)61-57)50-23-14-22-46(38-50)42-16-6-4-7-17-42)60-55(35-40(2)34-41-26-27-44-20-10-11-21-45(44)36-41)51-31-30-48-37-47(28-29-49(48)39-51)43-18-8-5-9-19-43/h4-34,36-39H,3,35H2,1-2H3/b40-34-,54-15+,60-55?. The van der Waals surface area contributed by atoms with Crippen molar-refractivity contribution >= 4 is 61.0 Å². The molecule has 0 fully saturated rings. The van der Waals surface area contributed by atoms with E-state index in [9.17, 15) is 0 Å². The third-order valence-corrected chi connectivity index (χ3v) is 11.6. The van der Waals surface area contributed by atoms with Crippen molar-refractivity contribution in [3.8, 4) is 33.4 Å². The van der Waals surface area contributed by atoms with Crippen LogP contribution in [-0.4, -0.2) is 5.71 Å². The predicted molar refractivity (Wildman–Crippen MR) is 261 cm³/mol. The molecule has 0 amide bonds. The van der Waals surface area contributed by atoms with Gasteiger partial charge in [-0.15, -0.1) is 0 Å². The van der Waals surface area contributed by atoms with Crippen molar-refractivity contribution in [2.75, 3.05) is 0 Å². The van der Waals surface area contributed by atoms with Crippen LogP contribution in [0.15, 0.2) is 221 Å². The molecular weight excluding hydrogens is 739 g/mol. The van der Waals surface area contributed by atoms with Gasteiger partial charge in [-0.2, -0.15) is 0 Å². The molecule has 1 aromatic heterocycles. The number of nitrogens with zero attached hydrogens (tertiary/aromatic N) is 1. The second-order valence-electron chi connectivity index (χ2n) is 15.9. The monoisotopic (exact) mass is 783 g/mol. The van der Waals surface area contributed by atoms with Gasteiger partial charge in [0.2, 0.25) is 0 Å². The quantitative estimate of drug-likeness (QED) is 0.127. The first-order chi connectivity index (χ1) is 30.1. The summed E-state index contributed by atoms with van der Waals surface area (Å²) < 4.78 is 6.56. The molecule has 0 aliphatic carbocycles. The van der Waals surface area contributed by atoms with Crippen LogP contribution >= 0.6 is 0 Å². The van der Waals surface area contributed by atoms with Gasteiger partial charge in [0.1, 0.15) is 11.2 Å². The zero-order valence-corrected chi connectivity index (χ0v) is 34.5. The molecule has 0 radical (unpaired) electrons. The molecule has 10 aromatic rings. The summed E-state index contributed by atoms with van der Waals surface area (Å²) >= 11 is 0. The van der Waals surface area contributed by atoms with E-state index in [1.165, 1.54) is 54.9 Å². The Labute approximate surface area is 357 Å². The number of benzene rings is 9. The van der Waals surface area contributed by atoms with Crippen molar-refractivity contribution in [1.29, 1.82) is 0 Å². The van der Waals surface area contributed by atoms with Crippen LogP contribution in [0.5, 0.6) is 0 Å². The van der Waals surface area contributed by atoms with Gasteiger partial charge in [0.05, 0.1) is 11.4 Å². The highest BCUT2D eigenvalue weighted by Gasteiger charge is 2.21. The number of fused-ring (bicyclic) bond motifs is 5. The Morgan fingerprint density at radius 2 is 1.15 bits per heavy atom. The van der Waals surface area contributed by atoms with E-state index in [1.54, 1.807) is 0 Å². The number of rotatable bonds is 10. The fourth-order valence-electron chi connectivity index (χ4n) is 8.70. The van der Waals surface area contributed by atoms with Gasteiger partial charge >= 0.3 is 0 Å². The molecule has 0 saturated carbocycles. The molecule has 61 heavy (non-hydrogen) atoms. The molecule has 0 atom stereocenters. The van der Waals surface area contributed by atoms with Gasteiger partial charge in [0, 0.05) is 22.8 Å². The minimum Gasteiger partial charge on any atom is -0.456 e. The SMILES string of the molecule is CC/C=C(/N=C(C/C(C)=C\c1ccc2ccccc2c1)c1ccc2cc(-c3ccccc3)ccc2c1)c1c(-c2cccc(-c3ccccc3)c2)ccc2oc3ccccc3c12. The van der Waals surface area contributed by atoms with Gasteiger partial charge in [0.15, 0.2) is 0 Å². The van der Waals surface area contributed by atoms with Crippen molar-refractivity contribution in [2.24, 2.45) is 4.99 Å². The topological polar surface area (TPSA) is 25.5 Å². The van der Waals surface area contributed by atoms with Crippen molar-refractivity contribution in [3.63, 3.8) is 0 Å². The van der Waals surface area contributed by atoms with Gasteiger partial charge < -0.3 is 4.42 Å². The van der Waals surface area contributed by atoms with Crippen molar-refractivity contribution in [3.05, 3.63) is 229 Å². The molecule has 0 N–H and O–H groups in total. The van der Waals surface area contributed by atoms with Crippen LogP contribution in [0, 0.1) is 0 Å². The summed E-state index contributed by atoms with van der Waals surface area (Å²) in [5.41, 5.74) is 15.3. The second-order valence-corrected chi connectivity index (χ2v) is 15.9. The van der Waals surface area contributed by atoms with E-state index < -0.39 is 0 Å². The Balaban J connectivity index is 1.16. The van der Waals surface area contributed by atoms with Crippen LogP contribution in [0.1, 0.15) is 43.4 Å². The van der Waals surface area contributed by atoms with Gasteiger partial charge in [-0.25, -0.2) is 0 Å². The molecule has 9 aromatic carbocycles. The van der Waals surface area contributed by atoms with Crippen molar-refractivity contribution in [2.45, 2.75) is 26.7 Å². The number of furan rings is 1. The summed E-state index contributed by atoms with van der Waals surface area (Å²) in [7, 11) is 0. The molecule has 2 heteroatoms. The molecular formula is C59H45NO. The highest BCUT2D eigenvalue weighted by Crippen LogP contribution is 2.42. The maximum absolute atomic E-state index is 6.56. The lowest BCUT2D eigenvalue weighted by Gasteiger charge is -2.16. The van der Waals surface area contributed by atoms with E-state index in [0.717, 1.165) is 62.0 Å². The molecule has 10 rings (SSSR count). The summed E-state index contributed by atoms with van der Waals surface area (Å²) in [5, 5.41) is 7.03. The summed E-state index contributed by atoms with van der Waals surface area (Å²) in [6.45, 7) is 4.43. The van der Waals surface area contributed by atoms with Crippen LogP contribution < -0.4 is 0 Å². The molecule has 0 aliphatic heterocycles. The number of aliphatic imine (C=N–C) groups is 1. The summed E-state index contributed by atoms with van der Waals surface area (Å²) in [5.74, 6) is 0. The first-order valence-electron chi connectivity index (χ1n) is 21.2. The van der Waals surface area contributed by atoms with Gasteiger partial charge in [0.25, 0.3) is 0 Å². The van der Waals surface area contributed by atoms with E-state index in [0.29, 0.717) is 6.42 Å². The highest BCUT2D eigenvalue weighted by molar-refractivity contribution is 6.15. The number of hydrogen-bond donors (Lipinski definition) is 0. The third kappa shape index (κ3) is 7.73. The third-order valence-electron chi connectivity index (χ3n) is 11.6. The summed E-state index contributed by atoms with van der Waals surface area (Å²) in [6.07, 6.45) is 6.08. The van der Waals surface area contributed by atoms with Crippen LogP contribution in [-0.2, 0) is 0 Å². The first kappa shape index (κ1) is 37.7. The average molecular weight is 784 g/mol. The fraction of sp³-hybridized carbons (Fsp3) is 0.0678.